The van der Waals surface area contributed by atoms with Gasteiger partial charge in [0.25, 0.3) is 0 Å². The van der Waals surface area contributed by atoms with E-state index in [1.165, 1.54) is 0 Å². The Morgan fingerprint density at radius 1 is 1.50 bits per heavy atom. The summed E-state index contributed by atoms with van der Waals surface area (Å²) in [5.74, 6) is 2.72. The summed E-state index contributed by atoms with van der Waals surface area (Å²) in [5, 5.41) is 2.77. The molecule has 102 valence electrons. The molecule has 0 aromatic rings. The van der Waals surface area contributed by atoms with Gasteiger partial charge in [-0.1, -0.05) is 0 Å². The van der Waals surface area contributed by atoms with Gasteiger partial charge in [0.2, 0.25) is 0 Å². The quantitative estimate of drug-likeness (QED) is 0.605. The molecule has 1 fully saturated rings. The first kappa shape index (κ1) is 14.8. The summed E-state index contributed by atoms with van der Waals surface area (Å²) in [6, 6.07) is -0.244. The topological polar surface area (TPSA) is 66.5 Å². The van der Waals surface area contributed by atoms with E-state index in [2.05, 4.69) is 11.2 Å². The fourth-order valence-corrected chi connectivity index (χ4v) is 3.23. The highest BCUT2D eigenvalue weighted by atomic mass is 32.2. The van der Waals surface area contributed by atoms with Gasteiger partial charge in [0, 0.05) is 25.6 Å². The summed E-state index contributed by atoms with van der Waals surface area (Å²) in [5.41, 5.74) is 0. The van der Waals surface area contributed by atoms with Crippen molar-refractivity contribution in [3.63, 3.8) is 0 Å². The molecule has 1 aliphatic heterocycles. The Balaban J connectivity index is 2.49. The molecule has 0 unspecified atom stereocenters. The van der Waals surface area contributed by atoms with Crippen molar-refractivity contribution < 1.29 is 13.2 Å². The Hall–Kier alpha value is -1.22. The lowest BCUT2D eigenvalue weighted by molar-refractivity contribution is 0.183. The number of hydrogen-bond acceptors (Lipinski definition) is 3. The third-order valence-electron chi connectivity index (χ3n) is 3.06. The molecule has 0 aromatic carbocycles. The van der Waals surface area contributed by atoms with E-state index in [0.717, 1.165) is 6.42 Å². The summed E-state index contributed by atoms with van der Waals surface area (Å²) in [6.45, 7) is 2.67. The van der Waals surface area contributed by atoms with Crippen LogP contribution in [0.4, 0.5) is 4.79 Å². The Bertz CT molecular complexity index is 425. The van der Waals surface area contributed by atoms with Gasteiger partial charge in [0.1, 0.15) is 0 Å². The maximum atomic E-state index is 11.9. The van der Waals surface area contributed by atoms with Crippen LogP contribution in [0.5, 0.6) is 0 Å². The molecule has 1 saturated heterocycles. The fourth-order valence-electron chi connectivity index (χ4n) is 1.85. The first-order valence-electron chi connectivity index (χ1n) is 6.14. The summed E-state index contributed by atoms with van der Waals surface area (Å²) in [6.07, 6.45) is 6.99. The number of rotatable bonds is 3. The predicted octanol–water partition coefficient (Wildman–Crippen LogP) is 0.618. The molecule has 1 N–H and O–H groups in total. The van der Waals surface area contributed by atoms with Crippen molar-refractivity contribution in [3.05, 3.63) is 0 Å². The zero-order valence-electron chi connectivity index (χ0n) is 10.7. The molecule has 1 rings (SSSR count). The molecule has 1 heterocycles. The standard InChI is InChI=1S/C12H20N2O3S/c1-3-4-5-7-13-12(15)14-8-10-18(16,17)9-6-11(14)2/h1,11H,4-10H2,2H3,(H,13,15)/t11-/m1/s1. The molecule has 5 nitrogen and oxygen atoms in total. The molecule has 0 saturated carbocycles. The molecule has 0 aliphatic carbocycles. The van der Waals surface area contributed by atoms with Gasteiger partial charge in [-0.3, -0.25) is 0 Å². The molecule has 2 amide bonds. The zero-order valence-corrected chi connectivity index (χ0v) is 11.5. The predicted molar refractivity (Wildman–Crippen MR) is 70.9 cm³/mol. The van der Waals surface area contributed by atoms with Gasteiger partial charge < -0.3 is 10.2 Å². The number of unbranched alkanes of at least 4 members (excludes halogenated alkanes) is 1. The number of nitrogens with zero attached hydrogens (tertiary/aromatic N) is 1. The van der Waals surface area contributed by atoms with Gasteiger partial charge in [-0.2, -0.15) is 0 Å². The van der Waals surface area contributed by atoms with Gasteiger partial charge in [0.15, 0.2) is 9.84 Å². The van der Waals surface area contributed by atoms with Gasteiger partial charge in [-0.15, -0.1) is 12.3 Å². The van der Waals surface area contributed by atoms with E-state index in [9.17, 15) is 13.2 Å². The average Bonchev–Trinajstić information content (AvgIpc) is 2.45. The lowest BCUT2D eigenvalue weighted by atomic mass is 10.2. The SMILES string of the molecule is C#CCCCNC(=O)N1CCS(=O)(=O)CC[C@H]1C. The normalized spacial score (nSPS) is 22.9. The number of hydrogen-bond donors (Lipinski definition) is 1. The number of terminal acetylenes is 1. The van der Waals surface area contributed by atoms with Crippen molar-refractivity contribution in [2.75, 3.05) is 24.6 Å². The van der Waals surface area contributed by atoms with E-state index in [1.54, 1.807) is 4.90 Å². The second-order valence-corrected chi connectivity index (χ2v) is 6.83. The molecule has 18 heavy (non-hydrogen) atoms. The third-order valence-corrected chi connectivity index (χ3v) is 4.72. The van der Waals surface area contributed by atoms with E-state index in [-0.39, 0.29) is 30.1 Å². The summed E-state index contributed by atoms with van der Waals surface area (Å²) < 4.78 is 23.0. The number of urea groups is 1. The van der Waals surface area contributed by atoms with Crippen LogP contribution in [0.3, 0.4) is 0 Å². The van der Waals surface area contributed by atoms with Crippen molar-refractivity contribution in [2.24, 2.45) is 0 Å². The first-order chi connectivity index (χ1) is 8.46. The van der Waals surface area contributed by atoms with Crippen LogP contribution in [0.25, 0.3) is 0 Å². The number of nitrogens with one attached hydrogen (secondary N) is 1. The Kier molecular flexibility index (Phi) is 5.48. The molecular formula is C12H20N2O3S. The minimum atomic E-state index is -3.00. The van der Waals surface area contributed by atoms with Crippen molar-refractivity contribution in [3.8, 4) is 12.3 Å². The van der Waals surface area contributed by atoms with Crippen LogP contribution in [0.1, 0.15) is 26.2 Å². The molecule has 1 aliphatic rings. The second-order valence-electron chi connectivity index (χ2n) is 4.52. The minimum absolute atomic E-state index is 0.0464. The van der Waals surface area contributed by atoms with E-state index >= 15 is 0 Å². The molecule has 0 bridgehead atoms. The first-order valence-corrected chi connectivity index (χ1v) is 7.97. The highest BCUT2D eigenvalue weighted by molar-refractivity contribution is 7.91. The number of carbonyl (C=O) groups excluding carboxylic acids is 1. The van der Waals surface area contributed by atoms with Crippen molar-refractivity contribution in [1.82, 2.24) is 10.2 Å². The van der Waals surface area contributed by atoms with Crippen LogP contribution in [0.2, 0.25) is 0 Å². The summed E-state index contributed by atoms with van der Waals surface area (Å²) in [7, 11) is -3.00. The number of amides is 2. The fraction of sp³-hybridized carbons (Fsp3) is 0.750. The molecule has 0 aromatic heterocycles. The molecular weight excluding hydrogens is 252 g/mol. The van der Waals surface area contributed by atoms with Gasteiger partial charge in [-0.05, 0) is 19.8 Å². The molecule has 1 atom stereocenters. The molecule has 6 heteroatoms. The maximum Gasteiger partial charge on any atom is 0.317 e. The van der Waals surface area contributed by atoms with Crippen molar-refractivity contribution in [1.29, 1.82) is 0 Å². The highest BCUT2D eigenvalue weighted by Gasteiger charge is 2.27. The Labute approximate surface area is 109 Å². The molecule has 0 spiro atoms. The van der Waals surface area contributed by atoms with Crippen LogP contribution in [-0.4, -0.2) is 50.0 Å². The van der Waals surface area contributed by atoms with Gasteiger partial charge in [-0.25, -0.2) is 13.2 Å². The van der Waals surface area contributed by atoms with Crippen LogP contribution in [0, 0.1) is 12.3 Å². The van der Waals surface area contributed by atoms with Crippen molar-refractivity contribution >= 4 is 15.9 Å². The van der Waals surface area contributed by atoms with Crippen LogP contribution in [0.15, 0.2) is 0 Å². The van der Waals surface area contributed by atoms with E-state index in [1.807, 2.05) is 6.92 Å². The van der Waals surface area contributed by atoms with Gasteiger partial charge in [0.05, 0.1) is 11.5 Å². The number of sulfone groups is 1. The number of carbonyl (C=O) groups is 1. The average molecular weight is 272 g/mol. The maximum absolute atomic E-state index is 11.9. The van der Waals surface area contributed by atoms with Crippen LogP contribution >= 0.6 is 0 Å². The van der Waals surface area contributed by atoms with Gasteiger partial charge >= 0.3 is 6.03 Å². The second kappa shape index (κ2) is 6.64. The van der Waals surface area contributed by atoms with E-state index < -0.39 is 9.84 Å². The smallest absolute Gasteiger partial charge is 0.317 e. The zero-order chi connectivity index (χ0) is 13.6. The van der Waals surface area contributed by atoms with Crippen LogP contribution < -0.4 is 5.32 Å². The molecule has 0 radical (unpaired) electrons. The lowest BCUT2D eigenvalue weighted by Crippen LogP contribution is -2.45. The summed E-state index contributed by atoms with van der Waals surface area (Å²) >= 11 is 0. The Morgan fingerprint density at radius 2 is 2.22 bits per heavy atom. The monoisotopic (exact) mass is 272 g/mol. The van der Waals surface area contributed by atoms with E-state index in [0.29, 0.717) is 19.4 Å². The van der Waals surface area contributed by atoms with Crippen LogP contribution in [-0.2, 0) is 9.84 Å². The van der Waals surface area contributed by atoms with Crippen molar-refractivity contribution in [2.45, 2.75) is 32.2 Å². The highest BCUT2D eigenvalue weighted by Crippen LogP contribution is 2.12. The third kappa shape index (κ3) is 4.57. The summed E-state index contributed by atoms with van der Waals surface area (Å²) in [4.78, 5) is 13.5. The lowest BCUT2D eigenvalue weighted by Gasteiger charge is -2.26. The minimum Gasteiger partial charge on any atom is -0.338 e. The Morgan fingerprint density at radius 3 is 2.89 bits per heavy atom. The largest absolute Gasteiger partial charge is 0.338 e. The van der Waals surface area contributed by atoms with E-state index in [4.69, 9.17) is 6.42 Å².